The number of ether oxygens (including phenoxy) is 5. The summed E-state index contributed by atoms with van der Waals surface area (Å²) in [5.41, 5.74) is 0. The van der Waals surface area contributed by atoms with E-state index in [-0.39, 0.29) is 0 Å². The molecule has 5 atom stereocenters. The molecule has 0 saturated carbocycles. The van der Waals surface area contributed by atoms with E-state index in [1.54, 1.807) is 0 Å². The fraction of sp³-hybridized carbons (Fsp3) is 0.714. The Morgan fingerprint density at radius 2 is 1.29 bits per heavy atom. The largest absolute Gasteiger partial charge is 0.472 e. The van der Waals surface area contributed by atoms with Crippen LogP contribution in [0.25, 0.3) is 0 Å². The molecule has 160 valence electrons. The van der Waals surface area contributed by atoms with Crippen LogP contribution in [0.4, 0.5) is 0 Å². The lowest BCUT2D eigenvalue weighted by Gasteiger charge is -2.43. The van der Waals surface area contributed by atoms with E-state index in [1.165, 1.54) is 0 Å². The summed E-state index contributed by atoms with van der Waals surface area (Å²) in [5, 5.41) is 0. The van der Waals surface area contributed by atoms with E-state index in [9.17, 15) is 23.7 Å². The summed E-state index contributed by atoms with van der Waals surface area (Å²) in [7, 11) is -5.16. The molecule has 1 fully saturated rings. The number of carbonyl (C=O) groups excluding carboxylic acids is 4. The predicted octanol–water partition coefficient (Wildman–Crippen LogP) is -0.821. The fourth-order valence-electron chi connectivity index (χ4n) is 2.41. The highest BCUT2D eigenvalue weighted by atomic mass is 31.2. The SMILES string of the molecule is CC(=O)OC[C@H]1O[C@H](OP(=O)(O)O)[C@@H](OC(C)=O)[C@@H](OC(C)=O)[C@@H]1OC(C)=O. The Kier molecular flexibility index (Phi) is 8.51. The smallest absolute Gasteiger partial charge is 0.463 e. The minimum Gasteiger partial charge on any atom is -0.463 e. The zero-order valence-electron chi connectivity index (χ0n) is 15.4. The maximum atomic E-state index is 11.5. The molecule has 0 bridgehead atoms. The van der Waals surface area contributed by atoms with E-state index in [0.717, 1.165) is 27.7 Å². The van der Waals surface area contributed by atoms with Gasteiger partial charge in [0.2, 0.25) is 6.29 Å². The van der Waals surface area contributed by atoms with Crippen LogP contribution in [0.15, 0.2) is 0 Å². The zero-order chi connectivity index (χ0) is 21.6. The van der Waals surface area contributed by atoms with Gasteiger partial charge in [0, 0.05) is 27.7 Å². The van der Waals surface area contributed by atoms with Gasteiger partial charge in [-0.25, -0.2) is 4.57 Å². The van der Waals surface area contributed by atoms with Gasteiger partial charge in [-0.3, -0.25) is 23.7 Å². The molecular formula is C14H21O13P. The fourth-order valence-corrected chi connectivity index (χ4v) is 2.85. The molecule has 0 aromatic carbocycles. The van der Waals surface area contributed by atoms with Gasteiger partial charge < -0.3 is 33.5 Å². The van der Waals surface area contributed by atoms with Crippen LogP contribution in [0.3, 0.4) is 0 Å². The third-order valence-corrected chi connectivity index (χ3v) is 3.67. The van der Waals surface area contributed by atoms with Gasteiger partial charge in [-0.1, -0.05) is 0 Å². The van der Waals surface area contributed by atoms with Crippen LogP contribution in [-0.2, 0) is 52.0 Å². The van der Waals surface area contributed by atoms with Crippen molar-refractivity contribution in [3.8, 4) is 0 Å². The second-order valence-corrected chi connectivity index (χ2v) is 6.86. The lowest BCUT2D eigenvalue weighted by Crippen LogP contribution is -2.62. The van der Waals surface area contributed by atoms with Crippen molar-refractivity contribution >= 4 is 31.7 Å². The first-order valence-corrected chi connectivity index (χ1v) is 9.37. The molecule has 1 heterocycles. The number of carbonyl (C=O) groups is 4. The summed E-state index contributed by atoms with van der Waals surface area (Å²) in [6, 6.07) is 0. The van der Waals surface area contributed by atoms with Gasteiger partial charge in [0.1, 0.15) is 12.7 Å². The summed E-state index contributed by atoms with van der Waals surface area (Å²) < 4.78 is 40.9. The maximum absolute atomic E-state index is 11.5. The van der Waals surface area contributed by atoms with E-state index in [4.69, 9.17) is 33.5 Å². The summed E-state index contributed by atoms with van der Waals surface area (Å²) in [6.07, 6.45) is -8.01. The van der Waals surface area contributed by atoms with E-state index >= 15 is 0 Å². The Hall–Kier alpha value is -2.05. The van der Waals surface area contributed by atoms with Crippen molar-refractivity contribution in [3.05, 3.63) is 0 Å². The second-order valence-electron chi connectivity index (χ2n) is 5.66. The van der Waals surface area contributed by atoms with Gasteiger partial charge in [0.25, 0.3) is 0 Å². The third-order valence-electron chi connectivity index (χ3n) is 3.19. The van der Waals surface area contributed by atoms with Gasteiger partial charge >= 0.3 is 31.7 Å². The number of phosphoric acid groups is 1. The van der Waals surface area contributed by atoms with Crippen LogP contribution in [0.1, 0.15) is 27.7 Å². The number of rotatable bonds is 7. The lowest BCUT2D eigenvalue weighted by atomic mass is 9.98. The average molecular weight is 428 g/mol. The first-order chi connectivity index (χ1) is 12.8. The number of esters is 4. The van der Waals surface area contributed by atoms with Crippen molar-refractivity contribution < 1.29 is 61.7 Å². The van der Waals surface area contributed by atoms with Crippen LogP contribution in [0.5, 0.6) is 0 Å². The highest BCUT2D eigenvalue weighted by Gasteiger charge is 2.54. The van der Waals surface area contributed by atoms with Crippen molar-refractivity contribution in [2.24, 2.45) is 0 Å². The number of hydrogen-bond donors (Lipinski definition) is 2. The van der Waals surface area contributed by atoms with Gasteiger partial charge in [-0.05, 0) is 0 Å². The van der Waals surface area contributed by atoms with Crippen molar-refractivity contribution in [1.29, 1.82) is 0 Å². The van der Waals surface area contributed by atoms with Crippen LogP contribution in [0.2, 0.25) is 0 Å². The molecule has 0 radical (unpaired) electrons. The standard InChI is InChI=1S/C14H21O13P/c1-6(15)22-5-10-11(23-7(2)16)12(24-8(3)17)13(25-9(4)18)14(26-10)27-28(19,20)21/h10-14H,5H2,1-4H3,(H2,19,20,21)/t10-,11-,12+,13+,14-/m1/s1. The Morgan fingerprint density at radius 3 is 1.71 bits per heavy atom. The van der Waals surface area contributed by atoms with Crippen molar-refractivity contribution in [3.63, 3.8) is 0 Å². The Bertz CT molecular complexity index is 656. The van der Waals surface area contributed by atoms with E-state index in [2.05, 4.69) is 4.52 Å². The van der Waals surface area contributed by atoms with Crippen LogP contribution < -0.4 is 0 Å². The molecule has 14 heteroatoms. The van der Waals surface area contributed by atoms with Gasteiger partial charge in [-0.15, -0.1) is 0 Å². The summed E-state index contributed by atoms with van der Waals surface area (Å²) in [6.45, 7) is 3.56. The zero-order valence-corrected chi connectivity index (χ0v) is 16.3. The average Bonchev–Trinajstić information content (AvgIpc) is 2.48. The monoisotopic (exact) mass is 428 g/mol. The van der Waals surface area contributed by atoms with Crippen molar-refractivity contribution in [2.75, 3.05) is 6.61 Å². The molecule has 0 aromatic heterocycles. The molecule has 28 heavy (non-hydrogen) atoms. The lowest BCUT2D eigenvalue weighted by molar-refractivity contribution is -0.291. The van der Waals surface area contributed by atoms with E-state index in [0.29, 0.717) is 0 Å². The molecule has 1 aliphatic heterocycles. The third kappa shape index (κ3) is 7.90. The van der Waals surface area contributed by atoms with Gasteiger partial charge in [-0.2, -0.15) is 0 Å². The normalized spacial score (nSPS) is 27.4. The Balaban J connectivity index is 3.34. The molecule has 1 rings (SSSR count). The minimum atomic E-state index is -5.16. The van der Waals surface area contributed by atoms with E-state index < -0.39 is 69.0 Å². The van der Waals surface area contributed by atoms with E-state index in [1.807, 2.05) is 0 Å². The molecule has 13 nitrogen and oxygen atoms in total. The van der Waals surface area contributed by atoms with Crippen LogP contribution in [-0.4, -0.2) is 71.0 Å². The number of phosphoric ester groups is 1. The Morgan fingerprint density at radius 1 is 0.821 bits per heavy atom. The molecule has 0 amide bonds. The molecule has 1 aliphatic rings. The van der Waals surface area contributed by atoms with Crippen molar-refractivity contribution in [1.82, 2.24) is 0 Å². The number of hydrogen-bond acceptors (Lipinski definition) is 11. The molecule has 2 N–H and O–H groups in total. The highest BCUT2D eigenvalue weighted by Crippen LogP contribution is 2.42. The molecule has 0 unspecified atom stereocenters. The second kappa shape index (κ2) is 9.94. The molecule has 0 spiro atoms. The predicted molar refractivity (Wildman–Crippen MR) is 85.1 cm³/mol. The maximum Gasteiger partial charge on any atom is 0.472 e. The minimum absolute atomic E-state index is 0.543. The summed E-state index contributed by atoms with van der Waals surface area (Å²) >= 11 is 0. The molecule has 0 aliphatic carbocycles. The van der Waals surface area contributed by atoms with Gasteiger partial charge in [0.05, 0.1) is 0 Å². The molecular weight excluding hydrogens is 407 g/mol. The van der Waals surface area contributed by atoms with Crippen LogP contribution in [0, 0.1) is 0 Å². The highest BCUT2D eigenvalue weighted by molar-refractivity contribution is 7.46. The molecule has 1 saturated heterocycles. The topological polar surface area (TPSA) is 181 Å². The summed E-state index contributed by atoms with van der Waals surface area (Å²) in [4.78, 5) is 63.7. The van der Waals surface area contributed by atoms with Crippen LogP contribution >= 0.6 is 7.82 Å². The first-order valence-electron chi connectivity index (χ1n) is 7.84. The quantitative estimate of drug-likeness (QED) is 0.292. The molecule has 0 aromatic rings. The van der Waals surface area contributed by atoms with Gasteiger partial charge in [0.15, 0.2) is 18.3 Å². The first kappa shape index (κ1) is 24.0. The Labute approximate surface area is 159 Å². The summed E-state index contributed by atoms with van der Waals surface area (Å²) in [5.74, 6) is -3.38. The van der Waals surface area contributed by atoms with Crippen molar-refractivity contribution in [2.45, 2.75) is 58.4 Å².